The minimum absolute atomic E-state index is 0.0578. The summed E-state index contributed by atoms with van der Waals surface area (Å²) in [4.78, 5) is 27.9. The molecule has 0 aliphatic carbocycles. The van der Waals surface area contributed by atoms with E-state index >= 15 is 0 Å². The first-order valence-electron chi connectivity index (χ1n) is 15.8. The SMILES string of the molecule is CC1(C)O[C@@H]2[C@@H](CN(CCCNC(=O)Nc3ccc(C(C)(C)C)cc3)Cc3ccccc3)OC(n3cnc4c(N)ncnc43)[C@@H]2O1. The van der Waals surface area contributed by atoms with E-state index in [1.165, 1.54) is 17.5 Å². The third kappa shape index (κ3) is 7.15. The number of rotatable bonds is 10. The summed E-state index contributed by atoms with van der Waals surface area (Å²) in [5.41, 5.74) is 10.4. The molecule has 2 aromatic heterocycles. The van der Waals surface area contributed by atoms with E-state index in [2.05, 4.69) is 75.5 Å². The first-order valence-corrected chi connectivity index (χ1v) is 15.8. The quantitative estimate of drug-likeness (QED) is 0.210. The van der Waals surface area contributed by atoms with E-state index in [-0.39, 0.29) is 29.8 Å². The van der Waals surface area contributed by atoms with Gasteiger partial charge in [-0.25, -0.2) is 19.7 Å². The number of nitrogens with one attached hydrogen (secondary N) is 2. The van der Waals surface area contributed by atoms with Crippen molar-refractivity contribution >= 4 is 28.7 Å². The second kappa shape index (κ2) is 13.0. The number of nitrogen functional groups attached to an aromatic ring is 1. The van der Waals surface area contributed by atoms with E-state index in [0.717, 1.165) is 25.2 Å². The van der Waals surface area contributed by atoms with Crippen LogP contribution in [0.2, 0.25) is 0 Å². The van der Waals surface area contributed by atoms with Gasteiger partial charge in [-0.2, -0.15) is 0 Å². The molecular weight excluding hydrogens is 584 g/mol. The standard InChI is InChI=1S/C34H44N8O4/c1-33(2,3)23-12-14-24(15-13-23)40-32(43)36-16-9-17-41(18-22-10-7-6-8-11-22)19-25-27-28(46-34(4,5)45-27)31(44-25)42-21-39-26-29(35)37-20-38-30(26)42/h6-8,10-15,20-21,25,27-28,31H,9,16-19H2,1-5H3,(H2,35,37,38)(H2,36,40,43)/t25-,27-,28-,31?/m1/s1. The van der Waals surface area contributed by atoms with Gasteiger partial charge in [0.15, 0.2) is 23.5 Å². The molecule has 2 aromatic carbocycles. The molecule has 4 heterocycles. The molecule has 0 spiro atoms. The molecule has 1 unspecified atom stereocenters. The van der Waals surface area contributed by atoms with Crippen molar-refractivity contribution < 1.29 is 19.0 Å². The van der Waals surface area contributed by atoms with E-state index in [4.69, 9.17) is 19.9 Å². The van der Waals surface area contributed by atoms with Gasteiger partial charge in [0.05, 0.1) is 6.33 Å². The van der Waals surface area contributed by atoms with Crippen LogP contribution in [0, 0.1) is 0 Å². The maximum absolute atomic E-state index is 12.6. The fourth-order valence-corrected chi connectivity index (χ4v) is 6.15. The Labute approximate surface area is 269 Å². The van der Waals surface area contributed by atoms with Gasteiger partial charge in [0.1, 0.15) is 30.2 Å². The number of nitrogens with zero attached hydrogens (tertiary/aromatic N) is 5. The number of aromatic nitrogens is 4. The van der Waals surface area contributed by atoms with Crippen LogP contribution in [0.5, 0.6) is 0 Å². The number of hydrogen-bond donors (Lipinski definition) is 3. The predicted octanol–water partition coefficient (Wildman–Crippen LogP) is 4.84. The molecule has 2 fully saturated rings. The number of hydrogen-bond acceptors (Lipinski definition) is 9. The number of urea groups is 1. The van der Waals surface area contributed by atoms with Gasteiger partial charge in [0.25, 0.3) is 0 Å². The Kier molecular flexibility index (Phi) is 8.97. The number of fused-ring (bicyclic) bond motifs is 2. The minimum atomic E-state index is -0.769. The number of imidazole rings is 1. The van der Waals surface area contributed by atoms with Gasteiger partial charge in [0.2, 0.25) is 0 Å². The number of carbonyl (C=O) groups excluding carboxylic acids is 1. The van der Waals surface area contributed by atoms with Crippen molar-refractivity contribution in [2.45, 2.75) is 83.3 Å². The van der Waals surface area contributed by atoms with Gasteiger partial charge in [-0.05, 0) is 48.9 Å². The normalized spacial score (nSPS) is 22.3. The molecule has 2 saturated heterocycles. The van der Waals surface area contributed by atoms with Crippen molar-refractivity contribution in [1.82, 2.24) is 29.7 Å². The second-order valence-corrected chi connectivity index (χ2v) is 13.5. The average molecular weight is 629 g/mol. The summed E-state index contributed by atoms with van der Waals surface area (Å²) in [6.07, 6.45) is 2.39. The smallest absolute Gasteiger partial charge is 0.319 e. The highest BCUT2D eigenvalue weighted by Gasteiger charge is 2.56. The van der Waals surface area contributed by atoms with E-state index < -0.39 is 12.0 Å². The van der Waals surface area contributed by atoms with Crippen molar-refractivity contribution in [3.63, 3.8) is 0 Å². The van der Waals surface area contributed by atoms with Crippen LogP contribution >= 0.6 is 0 Å². The summed E-state index contributed by atoms with van der Waals surface area (Å²) >= 11 is 0. The molecule has 0 saturated carbocycles. The summed E-state index contributed by atoms with van der Waals surface area (Å²) in [7, 11) is 0. The van der Waals surface area contributed by atoms with Crippen molar-refractivity contribution in [1.29, 1.82) is 0 Å². The zero-order valence-corrected chi connectivity index (χ0v) is 27.1. The zero-order chi connectivity index (χ0) is 32.5. The van der Waals surface area contributed by atoms with E-state index in [9.17, 15) is 4.79 Å². The molecule has 12 nitrogen and oxygen atoms in total. The Balaban J connectivity index is 1.11. The minimum Gasteiger partial charge on any atom is -0.382 e. The molecular formula is C34H44N8O4. The fourth-order valence-electron chi connectivity index (χ4n) is 6.15. The highest BCUT2D eigenvalue weighted by atomic mass is 16.8. The highest BCUT2D eigenvalue weighted by molar-refractivity contribution is 5.89. The van der Waals surface area contributed by atoms with E-state index in [0.29, 0.717) is 30.1 Å². The van der Waals surface area contributed by atoms with Crippen LogP contribution in [0.25, 0.3) is 11.2 Å². The molecule has 0 bridgehead atoms. The molecule has 244 valence electrons. The van der Waals surface area contributed by atoms with Crippen LogP contribution < -0.4 is 16.4 Å². The van der Waals surface area contributed by atoms with E-state index in [1.807, 2.05) is 48.7 Å². The van der Waals surface area contributed by atoms with Crippen LogP contribution in [-0.4, -0.2) is 74.2 Å². The van der Waals surface area contributed by atoms with Gasteiger partial charge in [-0.1, -0.05) is 63.2 Å². The molecule has 46 heavy (non-hydrogen) atoms. The monoisotopic (exact) mass is 628 g/mol. The number of anilines is 2. The number of benzene rings is 2. The third-order valence-corrected chi connectivity index (χ3v) is 8.42. The molecule has 2 aliphatic rings. The summed E-state index contributed by atoms with van der Waals surface area (Å²) in [5.74, 6) is -0.456. The van der Waals surface area contributed by atoms with Crippen molar-refractivity contribution in [2.75, 3.05) is 30.7 Å². The second-order valence-electron chi connectivity index (χ2n) is 13.5. The van der Waals surface area contributed by atoms with Gasteiger partial charge < -0.3 is 30.6 Å². The average Bonchev–Trinajstić information content (AvgIpc) is 3.67. The van der Waals surface area contributed by atoms with Crippen LogP contribution in [0.3, 0.4) is 0 Å². The van der Waals surface area contributed by atoms with Crippen LogP contribution in [0.1, 0.15) is 58.4 Å². The lowest BCUT2D eigenvalue weighted by Crippen LogP contribution is -2.41. The predicted molar refractivity (Wildman–Crippen MR) is 176 cm³/mol. The number of ether oxygens (including phenoxy) is 3. The van der Waals surface area contributed by atoms with Crippen molar-refractivity contribution in [3.8, 4) is 0 Å². The topological polar surface area (TPSA) is 142 Å². The van der Waals surface area contributed by atoms with Crippen LogP contribution in [0.15, 0.2) is 67.3 Å². The van der Waals surface area contributed by atoms with E-state index in [1.54, 1.807) is 6.33 Å². The Bertz CT molecular complexity index is 1640. The van der Waals surface area contributed by atoms with Gasteiger partial charge in [0, 0.05) is 31.9 Å². The van der Waals surface area contributed by atoms with Gasteiger partial charge in [-0.15, -0.1) is 0 Å². The molecule has 4 N–H and O–H groups in total. The van der Waals surface area contributed by atoms with Crippen molar-refractivity contribution in [2.24, 2.45) is 0 Å². The molecule has 0 radical (unpaired) electrons. The molecule has 2 amide bonds. The summed E-state index contributed by atoms with van der Waals surface area (Å²) in [5, 5.41) is 5.93. The first kappa shape index (κ1) is 31.9. The molecule has 4 atom stereocenters. The molecule has 2 aliphatic heterocycles. The lowest BCUT2D eigenvalue weighted by atomic mass is 9.87. The lowest BCUT2D eigenvalue weighted by Gasteiger charge is -2.29. The number of nitrogens with two attached hydrogens (primary N) is 1. The Morgan fingerprint density at radius 2 is 1.76 bits per heavy atom. The van der Waals surface area contributed by atoms with Gasteiger partial charge >= 0.3 is 6.03 Å². The Morgan fingerprint density at radius 1 is 1.02 bits per heavy atom. The molecule has 12 heteroatoms. The summed E-state index contributed by atoms with van der Waals surface area (Å²) in [6, 6.07) is 18.1. The van der Waals surface area contributed by atoms with Crippen LogP contribution in [-0.2, 0) is 26.2 Å². The van der Waals surface area contributed by atoms with Crippen molar-refractivity contribution in [3.05, 3.63) is 78.4 Å². The summed E-state index contributed by atoms with van der Waals surface area (Å²) < 4.78 is 21.3. The Morgan fingerprint density at radius 3 is 2.50 bits per heavy atom. The fraction of sp³-hybridized carbons (Fsp3) is 0.471. The largest absolute Gasteiger partial charge is 0.382 e. The van der Waals surface area contributed by atoms with Crippen LogP contribution in [0.4, 0.5) is 16.3 Å². The van der Waals surface area contributed by atoms with Gasteiger partial charge in [-0.3, -0.25) is 9.47 Å². The lowest BCUT2D eigenvalue weighted by molar-refractivity contribution is -0.198. The number of amides is 2. The molecule has 6 rings (SSSR count). The number of carbonyl (C=O) groups is 1. The maximum Gasteiger partial charge on any atom is 0.319 e. The third-order valence-electron chi connectivity index (χ3n) is 8.42. The summed E-state index contributed by atoms with van der Waals surface area (Å²) in [6.45, 7) is 12.9. The highest BCUT2D eigenvalue weighted by Crippen LogP contribution is 2.44. The zero-order valence-electron chi connectivity index (χ0n) is 27.1. The first-order chi connectivity index (χ1) is 22.0. The molecule has 4 aromatic rings. The maximum atomic E-state index is 12.6. The Hall–Kier alpha value is -4.10.